The maximum atomic E-state index is 15.3. The second-order valence-electron chi connectivity index (χ2n) is 25.6. The summed E-state index contributed by atoms with van der Waals surface area (Å²) in [5, 5.41) is 20.2. The molecule has 5 rings (SSSR count). The lowest BCUT2D eigenvalue weighted by Crippen LogP contribution is -2.62. The van der Waals surface area contributed by atoms with Crippen LogP contribution >= 0.6 is 0 Å². The normalized spacial score (nSPS) is 27.8. The number of esters is 1. The summed E-state index contributed by atoms with van der Waals surface area (Å²) in [5.74, 6) is -8.24. The smallest absolute Gasteiger partial charge is 0.450 e. The first-order chi connectivity index (χ1) is 39.1. The van der Waals surface area contributed by atoms with Gasteiger partial charge in [-0.05, 0) is 103 Å². The largest absolute Gasteiger partial charge is 0.494 e. The van der Waals surface area contributed by atoms with Crippen LogP contribution in [-0.2, 0) is 70.0 Å². The van der Waals surface area contributed by atoms with Crippen molar-refractivity contribution in [3.05, 3.63) is 65.7 Å². The van der Waals surface area contributed by atoms with Gasteiger partial charge in [0, 0.05) is 60.0 Å². The van der Waals surface area contributed by atoms with Crippen LogP contribution in [0.5, 0.6) is 0 Å². The van der Waals surface area contributed by atoms with E-state index in [1.807, 2.05) is 78.8 Å². The molecular formula is C62H95BN8O13. The van der Waals surface area contributed by atoms with Crippen LogP contribution in [0.25, 0.3) is 0 Å². The third kappa shape index (κ3) is 16.1. The van der Waals surface area contributed by atoms with Crippen LogP contribution in [0, 0.1) is 23.7 Å². The molecule has 2 bridgehead atoms. The number of fused-ring (bicyclic) bond motifs is 2. The molecule has 0 aliphatic carbocycles. The number of hydrogen-bond acceptors (Lipinski definition) is 13. The zero-order valence-electron chi connectivity index (χ0n) is 52.9. The van der Waals surface area contributed by atoms with Gasteiger partial charge in [-0.1, -0.05) is 103 Å². The van der Waals surface area contributed by atoms with Gasteiger partial charge in [0.05, 0.1) is 22.7 Å². The molecule has 3 saturated heterocycles. The van der Waals surface area contributed by atoms with Gasteiger partial charge in [-0.25, -0.2) is 4.79 Å². The Hall–Kier alpha value is -6.39. The van der Waals surface area contributed by atoms with Crippen LogP contribution < -0.4 is 21.4 Å². The van der Waals surface area contributed by atoms with E-state index in [-0.39, 0.29) is 44.7 Å². The second-order valence-corrected chi connectivity index (χ2v) is 25.6. The molecule has 3 heterocycles. The Morgan fingerprint density at radius 2 is 1.14 bits per heavy atom. The molecule has 0 spiro atoms. The molecule has 3 aliphatic heterocycles. The van der Waals surface area contributed by atoms with Crippen molar-refractivity contribution in [3.63, 3.8) is 0 Å². The van der Waals surface area contributed by atoms with Gasteiger partial charge in [0.2, 0.25) is 41.4 Å². The molecule has 21 nitrogen and oxygen atoms in total. The monoisotopic (exact) mass is 1170 g/mol. The summed E-state index contributed by atoms with van der Waals surface area (Å²) < 4.78 is 18.6. The van der Waals surface area contributed by atoms with Crippen molar-refractivity contribution in [1.82, 2.24) is 40.4 Å². The number of rotatable bonds is 12. The van der Waals surface area contributed by atoms with Crippen LogP contribution in [0.1, 0.15) is 134 Å². The zero-order chi connectivity index (χ0) is 63.1. The highest BCUT2D eigenvalue weighted by Gasteiger charge is 2.52. The number of carbonyl (C=O) groups excluding carboxylic acids is 9. The van der Waals surface area contributed by atoms with Gasteiger partial charge >= 0.3 is 13.1 Å². The summed E-state index contributed by atoms with van der Waals surface area (Å²) in [7, 11) is 4.92. The Morgan fingerprint density at radius 1 is 0.631 bits per heavy atom. The molecule has 0 saturated carbocycles. The number of likely N-dealkylation sites (N-methyl/N-ethyl adjacent to an activating group) is 4. The van der Waals surface area contributed by atoms with E-state index in [9.17, 15) is 38.7 Å². The lowest BCUT2D eigenvalue weighted by Gasteiger charge is -2.39. The number of nitrogens with zero attached hydrogens (tertiary/aromatic N) is 5. The average molecular weight is 1170 g/mol. The van der Waals surface area contributed by atoms with Crippen LogP contribution in [0.2, 0.25) is 0 Å². The lowest BCUT2D eigenvalue weighted by atomic mass is 9.78. The molecule has 4 N–H and O–H groups in total. The molecule has 3 fully saturated rings. The summed E-state index contributed by atoms with van der Waals surface area (Å²) in [6, 6.07) is 7.38. The van der Waals surface area contributed by atoms with Crippen molar-refractivity contribution >= 4 is 65.8 Å². The maximum Gasteiger partial charge on any atom is 0.494 e. The molecular weight excluding hydrogens is 1080 g/mol. The highest BCUT2D eigenvalue weighted by Crippen LogP contribution is 2.37. The van der Waals surface area contributed by atoms with E-state index in [4.69, 9.17) is 14.0 Å². The van der Waals surface area contributed by atoms with E-state index in [0.717, 1.165) is 15.3 Å². The van der Waals surface area contributed by atoms with Crippen molar-refractivity contribution in [2.45, 2.75) is 201 Å². The minimum absolute atomic E-state index is 0.0147. The Bertz CT molecular complexity index is 2670. The van der Waals surface area contributed by atoms with Crippen molar-refractivity contribution in [3.8, 4) is 0 Å². The predicted octanol–water partition coefficient (Wildman–Crippen LogP) is 3.26. The Balaban J connectivity index is 1.61. The number of hydrogen-bond donors (Lipinski definition) is 4. The van der Waals surface area contributed by atoms with Crippen molar-refractivity contribution in [2.75, 3.05) is 41.3 Å². The number of benzene rings is 2. The van der Waals surface area contributed by atoms with E-state index < -0.39 is 143 Å². The summed E-state index contributed by atoms with van der Waals surface area (Å²) >= 11 is 0. The first kappa shape index (κ1) is 68.4. The van der Waals surface area contributed by atoms with Crippen molar-refractivity contribution < 1.29 is 62.3 Å². The first-order valence-corrected chi connectivity index (χ1v) is 29.7. The molecule has 8 amide bonds. The molecule has 84 heavy (non-hydrogen) atoms. The highest BCUT2D eigenvalue weighted by molar-refractivity contribution is 6.62. The lowest BCUT2D eigenvalue weighted by molar-refractivity contribution is -0.177. The molecule has 3 aliphatic rings. The minimum atomic E-state index is -1.97. The van der Waals surface area contributed by atoms with Crippen LogP contribution in [0.15, 0.2) is 54.6 Å². The Morgan fingerprint density at radius 3 is 1.67 bits per heavy atom. The number of ether oxygens (including phenoxy) is 1. The third-order valence-electron chi connectivity index (χ3n) is 17.8. The van der Waals surface area contributed by atoms with Crippen molar-refractivity contribution in [2.24, 2.45) is 23.7 Å². The highest BCUT2D eigenvalue weighted by atomic mass is 16.7. The topological polar surface area (TPSA) is 254 Å². The summed E-state index contributed by atoms with van der Waals surface area (Å²) in [6.07, 6.45) is -0.404. The quantitative estimate of drug-likeness (QED) is 0.176. The number of amides is 8. The number of nitrogens with one attached hydrogen (secondary N) is 3. The van der Waals surface area contributed by atoms with E-state index >= 15 is 9.59 Å². The number of carbonyl (C=O) groups is 9. The van der Waals surface area contributed by atoms with Crippen LogP contribution in [0.4, 0.5) is 0 Å². The number of aliphatic hydroxyl groups is 1. The molecule has 0 radical (unpaired) electrons. The minimum Gasteiger partial charge on any atom is -0.450 e. The van der Waals surface area contributed by atoms with Crippen LogP contribution in [0.3, 0.4) is 0 Å². The van der Waals surface area contributed by atoms with Gasteiger partial charge in [-0.2, -0.15) is 0 Å². The van der Waals surface area contributed by atoms with Crippen LogP contribution in [-0.4, -0.2) is 196 Å². The fraction of sp³-hybridized carbons (Fsp3) is 0.661. The van der Waals surface area contributed by atoms with Crippen molar-refractivity contribution in [1.29, 1.82) is 0 Å². The number of cyclic esters (lactones) is 1. The Kier molecular flexibility index (Phi) is 23.0. The summed E-state index contributed by atoms with van der Waals surface area (Å²) in [4.78, 5) is 138. The molecule has 464 valence electrons. The summed E-state index contributed by atoms with van der Waals surface area (Å²) in [5.41, 5.74) is -1.04. The van der Waals surface area contributed by atoms with Gasteiger partial charge in [0.25, 0.3) is 5.91 Å². The van der Waals surface area contributed by atoms with E-state index in [2.05, 4.69) is 16.0 Å². The van der Waals surface area contributed by atoms with Gasteiger partial charge in [0.15, 0.2) is 12.1 Å². The van der Waals surface area contributed by atoms with Gasteiger partial charge in [-0.3, -0.25) is 38.4 Å². The first-order valence-electron chi connectivity index (χ1n) is 29.7. The molecule has 11 atom stereocenters. The molecule has 22 heteroatoms. The predicted molar refractivity (Wildman–Crippen MR) is 319 cm³/mol. The zero-order valence-corrected chi connectivity index (χ0v) is 52.9. The van der Waals surface area contributed by atoms with E-state index in [1.165, 1.54) is 70.6 Å². The fourth-order valence-electron chi connectivity index (χ4n) is 10.7. The fourth-order valence-corrected chi connectivity index (χ4v) is 10.7. The van der Waals surface area contributed by atoms with Gasteiger partial charge in [-0.15, -0.1) is 0 Å². The standard InChI is InChI=1S/C62H95BN8O13/c1-19-37(5)48-57(78)67(15)39(7)51(72)64-45(32-36(3)4)55(76)70(18)50(60(9,10)81)59(80)82-49(38(6)20-2)58(79)68(16)40(8)52(73)65-46(33-41-24-22-21-23-25-41)54(75)69(17)47(56(77)71-31-30-43(35-71)53(74)66-48)34-42-26-28-44(29-27-42)63-83-61(11,12)62(13,14)84-63/h21-29,36-40,43,45-50,81H,19-20,30-35H2,1-18H3,(H,64,72)(H,65,73)(H,66,74). The molecule has 0 aromatic heterocycles. The van der Waals surface area contributed by atoms with Gasteiger partial charge < -0.3 is 59.6 Å². The molecule has 2 aromatic carbocycles. The third-order valence-corrected chi connectivity index (χ3v) is 17.8. The Labute approximate surface area is 498 Å². The van der Waals surface area contributed by atoms with E-state index in [0.29, 0.717) is 24.0 Å². The van der Waals surface area contributed by atoms with E-state index in [1.54, 1.807) is 45.0 Å². The maximum absolute atomic E-state index is 15.3. The molecule has 11 unspecified atom stereocenters. The second kappa shape index (κ2) is 28.2. The molecule has 2 aromatic rings. The average Bonchev–Trinajstić information content (AvgIpc) is 4.10. The summed E-state index contributed by atoms with van der Waals surface area (Å²) in [6.45, 7) is 24.3. The van der Waals surface area contributed by atoms with Gasteiger partial charge in [0.1, 0.15) is 36.3 Å². The SMILES string of the molecule is CCC(C)C1NC(=O)C2CCN(C2)C(=O)C(Cc2ccc(B3OC(C)(C)C(C)(C)O3)cc2)N(C)C(=O)C(Cc2ccccc2)NC(=O)C(C)N(C)C(=O)C(C(C)CC)OC(=O)C(C(C)(C)O)N(C)C(=O)C(CC(C)C)NC(=O)C(C)N(C)C1=O.